The van der Waals surface area contributed by atoms with Gasteiger partial charge in [0.25, 0.3) is 0 Å². The van der Waals surface area contributed by atoms with E-state index in [-0.39, 0.29) is 11.2 Å². The van der Waals surface area contributed by atoms with Gasteiger partial charge >= 0.3 is 5.97 Å². The maximum absolute atomic E-state index is 12.5. The first-order valence-corrected chi connectivity index (χ1v) is 11.0. The number of carbonyl (C=O) groups excluding carboxylic acids is 1. The summed E-state index contributed by atoms with van der Waals surface area (Å²) in [6.45, 7) is 6.29. The number of para-hydroxylation sites is 1. The second-order valence-electron chi connectivity index (χ2n) is 6.80. The van der Waals surface area contributed by atoms with Crippen molar-refractivity contribution in [2.75, 3.05) is 13.7 Å². The lowest BCUT2D eigenvalue weighted by molar-refractivity contribution is -0.142. The molecule has 0 unspecified atom stereocenters. The van der Waals surface area contributed by atoms with E-state index in [1.54, 1.807) is 7.11 Å². The maximum atomic E-state index is 12.5. The molecule has 3 rings (SSSR count). The van der Waals surface area contributed by atoms with Gasteiger partial charge in [0.2, 0.25) is 0 Å². The number of carbonyl (C=O) groups is 1. The highest BCUT2D eigenvalue weighted by Gasteiger charge is 2.25. The largest absolute Gasteiger partial charge is 0.497 e. The molecule has 7 heteroatoms. The van der Waals surface area contributed by atoms with Crippen molar-refractivity contribution in [3.63, 3.8) is 0 Å². The Hall–Kier alpha value is -2.80. The van der Waals surface area contributed by atoms with Crippen molar-refractivity contribution in [1.82, 2.24) is 14.8 Å². The summed E-state index contributed by atoms with van der Waals surface area (Å²) in [4.78, 5) is 12.5. The van der Waals surface area contributed by atoms with Crippen molar-refractivity contribution in [3.05, 3.63) is 54.1 Å². The van der Waals surface area contributed by atoms with Crippen molar-refractivity contribution >= 4 is 17.7 Å². The summed E-state index contributed by atoms with van der Waals surface area (Å²) in [7, 11) is 1.64. The molecule has 0 amide bonds. The third-order valence-corrected chi connectivity index (χ3v) is 5.87. The van der Waals surface area contributed by atoms with Gasteiger partial charge in [-0.3, -0.25) is 9.36 Å². The van der Waals surface area contributed by atoms with E-state index in [1.807, 2.05) is 54.0 Å². The fraction of sp³-hybridized carbons (Fsp3) is 0.348. The van der Waals surface area contributed by atoms with Gasteiger partial charge in [0.1, 0.15) is 11.0 Å². The van der Waals surface area contributed by atoms with E-state index >= 15 is 0 Å². The average Bonchev–Trinajstić information content (AvgIpc) is 3.17. The number of hydrogen-bond acceptors (Lipinski definition) is 6. The predicted molar refractivity (Wildman–Crippen MR) is 119 cm³/mol. The molecule has 1 atom stereocenters. The van der Waals surface area contributed by atoms with Gasteiger partial charge in [-0.2, -0.15) is 0 Å². The van der Waals surface area contributed by atoms with Crippen molar-refractivity contribution in [2.45, 2.75) is 44.0 Å². The standard InChI is InChI=1S/C23H27N3O3S/c1-5-9-20(22(27)29-6-2)30-23-25-24-21(17-12-14-18(28-4)15-13-17)26(23)19-11-8-7-10-16(19)3/h7-8,10-15,20H,5-6,9H2,1-4H3/t20-/m0/s1. The Morgan fingerprint density at radius 3 is 2.47 bits per heavy atom. The summed E-state index contributed by atoms with van der Waals surface area (Å²) < 4.78 is 12.6. The third kappa shape index (κ3) is 4.84. The van der Waals surface area contributed by atoms with Crippen LogP contribution in [0, 0.1) is 6.92 Å². The van der Waals surface area contributed by atoms with Gasteiger partial charge in [0.05, 0.1) is 19.4 Å². The van der Waals surface area contributed by atoms with Crippen molar-refractivity contribution in [2.24, 2.45) is 0 Å². The molecule has 0 aliphatic heterocycles. The number of thioether (sulfide) groups is 1. The minimum atomic E-state index is -0.328. The Kier molecular flexibility index (Phi) is 7.52. The maximum Gasteiger partial charge on any atom is 0.319 e. The van der Waals surface area contributed by atoms with Gasteiger partial charge in [-0.25, -0.2) is 0 Å². The molecule has 2 aromatic carbocycles. The van der Waals surface area contributed by atoms with E-state index in [2.05, 4.69) is 30.1 Å². The zero-order valence-electron chi connectivity index (χ0n) is 17.8. The number of aromatic nitrogens is 3. The first-order valence-electron chi connectivity index (χ1n) is 10.1. The summed E-state index contributed by atoms with van der Waals surface area (Å²) in [5.74, 6) is 1.28. The van der Waals surface area contributed by atoms with Crippen LogP contribution in [0.15, 0.2) is 53.7 Å². The number of nitrogens with zero attached hydrogens (tertiary/aromatic N) is 3. The molecule has 158 valence electrons. The smallest absolute Gasteiger partial charge is 0.319 e. The molecule has 0 N–H and O–H groups in total. The van der Waals surface area contributed by atoms with Gasteiger partial charge in [0, 0.05) is 5.56 Å². The molecule has 0 radical (unpaired) electrons. The zero-order chi connectivity index (χ0) is 21.5. The first-order chi connectivity index (χ1) is 14.6. The number of aryl methyl sites for hydroxylation is 1. The highest BCUT2D eigenvalue weighted by molar-refractivity contribution is 8.00. The van der Waals surface area contributed by atoms with Gasteiger partial charge < -0.3 is 9.47 Å². The molecule has 30 heavy (non-hydrogen) atoms. The quantitative estimate of drug-likeness (QED) is 0.352. The zero-order valence-corrected chi connectivity index (χ0v) is 18.6. The Balaban J connectivity index is 2.08. The van der Waals surface area contributed by atoms with Crippen LogP contribution in [0.25, 0.3) is 17.1 Å². The van der Waals surface area contributed by atoms with E-state index < -0.39 is 0 Å². The van der Waals surface area contributed by atoms with Crippen LogP contribution in [-0.2, 0) is 9.53 Å². The fourth-order valence-corrected chi connectivity index (χ4v) is 4.30. The minimum Gasteiger partial charge on any atom is -0.497 e. The predicted octanol–water partition coefficient (Wildman–Crippen LogP) is 5.08. The molecule has 0 fully saturated rings. The second kappa shape index (κ2) is 10.3. The molecule has 1 heterocycles. The fourth-order valence-electron chi connectivity index (χ4n) is 3.15. The molecule has 1 aromatic heterocycles. The lowest BCUT2D eigenvalue weighted by atomic mass is 10.1. The molecule has 0 spiro atoms. The van der Waals surface area contributed by atoms with E-state index in [0.717, 1.165) is 29.0 Å². The number of methoxy groups -OCH3 is 1. The van der Waals surface area contributed by atoms with E-state index in [9.17, 15) is 4.79 Å². The van der Waals surface area contributed by atoms with Crippen LogP contribution in [0.4, 0.5) is 0 Å². The third-order valence-electron chi connectivity index (χ3n) is 4.69. The van der Waals surface area contributed by atoms with Gasteiger partial charge in [-0.1, -0.05) is 43.3 Å². The highest BCUT2D eigenvalue weighted by Crippen LogP contribution is 2.33. The van der Waals surface area contributed by atoms with Crippen LogP contribution in [0.5, 0.6) is 5.75 Å². The van der Waals surface area contributed by atoms with Gasteiger partial charge in [0.15, 0.2) is 11.0 Å². The molecular formula is C23H27N3O3S. The Bertz CT molecular complexity index is 986. The molecule has 0 saturated heterocycles. The normalized spacial score (nSPS) is 11.9. The number of ether oxygens (including phenoxy) is 2. The molecular weight excluding hydrogens is 398 g/mol. The molecule has 0 bridgehead atoms. The van der Waals surface area contributed by atoms with Crippen LogP contribution >= 0.6 is 11.8 Å². The van der Waals surface area contributed by atoms with Crippen molar-refractivity contribution < 1.29 is 14.3 Å². The van der Waals surface area contributed by atoms with Crippen molar-refractivity contribution in [3.8, 4) is 22.8 Å². The lowest BCUT2D eigenvalue weighted by Crippen LogP contribution is -2.21. The highest BCUT2D eigenvalue weighted by atomic mass is 32.2. The molecule has 0 aliphatic carbocycles. The van der Waals surface area contributed by atoms with E-state index in [0.29, 0.717) is 24.0 Å². The van der Waals surface area contributed by atoms with Gasteiger partial charge in [-0.05, 0) is 56.2 Å². The van der Waals surface area contributed by atoms with Gasteiger partial charge in [-0.15, -0.1) is 10.2 Å². The Morgan fingerprint density at radius 2 is 1.83 bits per heavy atom. The van der Waals surface area contributed by atoms with Crippen LogP contribution in [0.3, 0.4) is 0 Å². The summed E-state index contributed by atoms with van der Waals surface area (Å²) in [5, 5.41) is 9.27. The second-order valence-corrected chi connectivity index (χ2v) is 7.97. The Labute approximate surface area is 181 Å². The van der Waals surface area contributed by atoms with E-state index in [4.69, 9.17) is 9.47 Å². The number of esters is 1. The van der Waals surface area contributed by atoms with Crippen LogP contribution in [0.1, 0.15) is 32.3 Å². The van der Waals surface area contributed by atoms with Crippen LogP contribution < -0.4 is 4.74 Å². The number of benzene rings is 2. The number of rotatable bonds is 9. The van der Waals surface area contributed by atoms with Crippen molar-refractivity contribution in [1.29, 1.82) is 0 Å². The molecule has 6 nitrogen and oxygen atoms in total. The van der Waals surface area contributed by atoms with Crippen LogP contribution in [0.2, 0.25) is 0 Å². The molecule has 3 aromatic rings. The summed E-state index contributed by atoms with van der Waals surface area (Å²) in [5.41, 5.74) is 2.99. The summed E-state index contributed by atoms with van der Waals surface area (Å²) >= 11 is 1.40. The average molecular weight is 426 g/mol. The minimum absolute atomic E-state index is 0.213. The summed E-state index contributed by atoms with van der Waals surface area (Å²) in [6.07, 6.45) is 1.59. The van der Waals surface area contributed by atoms with E-state index in [1.165, 1.54) is 11.8 Å². The molecule has 0 saturated carbocycles. The van der Waals surface area contributed by atoms with Crippen LogP contribution in [-0.4, -0.2) is 39.7 Å². The lowest BCUT2D eigenvalue weighted by Gasteiger charge is -2.16. The number of hydrogen-bond donors (Lipinski definition) is 0. The Morgan fingerprint density at radius 1 is 1.10 bits per heavy atom. The topological polar surface area (TPSA) is 66.2 Å². The first kappa shape index (κ1) is 21.9. The monoisotopic (exact) mass is 425 g/mol. The molecule has 0 aliphatic rings. The summed E-state index contributed by atoms with van der Waals surface area (Å²) in [6, 6.07) is 15.8. The SMILES string of the molecule is CCC[C@H](Sc1nnc(-c2ccc(OC)cc2)n1-c1ccccc1C)C(=O)OCC.